The zero-order valence-corrected chi connectivity index (χ0v) is 7.27. The van der Waals surface area contributed by atoms with E-state index in [2.05, 4.69) is 15.3 Å². The third-order valence-corrected chi connectivity index (χ3v) is 4.30. The van der Waals surface area contributed by atoms with E-state index < -0.39 is 0 Å². The van der Waals surface area contributed by atoms with Crippen molar-refractivity contribution in [2.75, 3.05) is 16.8 Å². The largest absolute Gasteiger partial charge is 0.206 e. The van der Waals surface area contributed by atoms with Gasteiger partial charge in [-0.1, -0.05) is 11.9 Å². The van der Waals surface area contributed by atoms with Crippen molar-refractivity contribution in [3.05, 3.63) is 5.88 Å². The Hall–Kier alpha value is 0.970. The van der Waals surface area contributed by atoms with E-state index in [0.29, 0.717) is 0 Å². The van der Waals surface area contributed by atoms with Crippen LogP contribution in [0.2, 0.25) is 0 Å². The highest BCUT2D eigenvalue weighted by Crippen LogP contribution is 2.36. The summed E-state index contributed by atoms with van der Waals surface area (Å²) in [6.07, 6.45) is 0. The summed E-state index contributed by atoms with van der Waals surface area (Å²) >= 11 is 5.75. The quantitative estimate of drug-likeness (QED) is 0.520. The predicted octanol–water partition coefficient (Wildman–Crippen LogP) is 1.64. The molecule has 2 aliphatic heterocycles. The van der Waals surface area contributed by atoms with E-state index in [9.17, 15) is 0 Å². The van der Waals surface area contributed by atoms with Crippen molar-refractivity contribution in [3.8, 4) is 0 Å². The molecule has 0 saturated carbocycles. The molecular formula is C4H7N2S3. The topological polar surface area (TPSA) is 6.48 Å². The minimum absolute atomic E-state index is 1.13. The van der Waals surface area contributed by atoms with Gasteiger partial charge >= 0.3 is 0 Å². The van der Waals surface area contributed by atoms with Crippen LogP contribution in [-0.4, -0.2) is 26.3 Å². The van der Waals surface area contributed by atoms with Crippen LogP contribution in [0.15, 0.2) is 0 Å². The second kappa shape index (κ2) is 2.92. The molecule has 0 amide bonds. The number of thioether (sulfide) groups is 2. The van der Waals surface area contributed by atoms with E-state index in [4.69, 9.17) is 0 Å². The van der Waals surface area contributed by atoms with Gasteiger partial charge in [-0.25, -0.2) is 5.01 Å². The average molecular weight is 179 g/mol. The normalized spacial score (nSPS) is 30.7. The maximum atomic E-state index is 2.31. The van der Waals surface area contributed by atoms with E-state index in [1.54, 1.807) is 0 Å². The number of fused-ring (bicyclic) bond motifs is 1. The molecule has 5 heteroatoms. The first kappa shape index (κ1) is 6.67. The summed E-state index contributed by atoms with van der Waals surface area (Å²) in [6, 6.07) is 0. The van der Waals surface area contributed by atoms with Crippen LogP contribution in [0.25, 0.3) is 0 Å². The molecule has 2 nitrogen and oxygen atoms in total. The van der Waals surface area contributed by atoms with Crippen molar-refractivity contribution in [1.29, 1.82) is 0 Å². The Morgan fingerprint density at radius 1 is 1.33 bits per heavy atom. The van der Waals surface area contributed by atoms with Gasteiger partial charge in [-0.15, -0.1) is 23.5 Å². The molecule has 2 heterocycles. The molecule has 9 heavy (non-hydrogen) atoms. The van der Waals surface area contributed by atoms with Gasteiger partial charge in [-0.05, 0) is 0 Å². The SMILES string of the molecule is [CH]1SCN2SCSCN12. The maximum Gasteiger partial charge on any atom is 0.0993 e. The Labute approximate surface area is 67.8 Å². The van der Waals surface area contributed by atoms with Crippen molar-refractivity contribution < 1.29 is 0 Å². The van der Waals surface area contributed by atoms with Gasteiger partial charge in [0, 0.05) is 0 Å². The summed E-state index contributed by atoms with van der Waals surface area (Å²) in [5.74, 6) is 4.46. The van der Waals surface area contributed by atoms with Gasteiger partial charge < -0.3 is 0 Å². The monoisotopic (exact) mass is 179 g/mol. The average Bonchev–Trinajstić information content (AvgIpc) is 2.33. The van der Waals surface area contributed by atoms with Crippen LogP contribution in [-0.2, 0) is 0 Å². The molecule has 1 radical (unpaired) electrons. The molecule has 51 valence electrons. The lowest BCUT2D eigenvalue weighted by molar-refractivity contribution is 0.194. The molecule has 0 N–H and O–H groups in total. The molecular weight excluding hydrogens is 172 g/mol. The Morgan fingerprint density at radius 3 is 3.22 bits per heavy atom. The van der Waals surface area contributed by atoms with E-state index in [-0.39, 0.29) is 0 Å². The molecule has 0 aliphatic carbocycles. The van der Waals surface area contributed by atoms with Crippen LogP contribution in [0, 0.1) is 5.88 Å². The smallest absolute Gasteiger partial charge is 0.0993 e. The number of hydrogen-bond acceptors (Lipinski definition) is 5. The molecule has 0 bridgehead atoms. The fraction of sp³-hybridized carbons (Fsp3) is 0.750. The van der Waals surface area contributed by atoms with E-state index >= 15 is 0 Å². The summed E-state index contributed by atoms with van der Waals surface area (Å²) in [5, 5.41) is 3.48. The minimum atomic E-state index is 1.13. The van der Waals surface area contributed by atoms with E-state index in [1.807, 2.05) is 35.5 Å². The van der Waals surface area contributed by atoms with Gasteiger partial charge in [0.2, 0.25) is 0 Å². The van der Waals surface area contributed by atoms with Crippen molar-refractivity contribution in [2.45, 2.75) is 0 Å². The van der Waals surface area contributed by atoms with E-state index in [1.165, 1.54) is 5.08 Å². The highest BCUT2D eigenvalue weighted by molar-refractivity contribution is 8.16. The predicted molar refractivity (Wildman–Crippen MR) is 45.4 cm³/mol. The molecule has 2 aliphatic rings. The number of nitrogens with zero attached hydrogens (tertiary/aromatic N) is 2. The zero-order chi connectivity index (χ0) is 6.10. The fourth-order valence-electron chi connectivity index (χ4n) is 0.745. The fourth-order valence-corrected chi connectivity index (χ4v) is 3.89. The first-order valence-electron chi connectivity index (χ1n) is 2.66. The minimum Gasteiger partial charge on any atom is -0.206 e. The van der Waals surface area contributed by atoms with Gasteiger partial charge in [0.15, 0.2) is 0 Å². The maximum absolute atomic E-state index is 2.31. The molecule has 2 fully saturated rings. The molecule has 0 spiro atoms. The number of hydrazine groups is 1. The van der Waals surface area contributed by atoms with E-state index in [0.717, 1.165) is 11.8 Å². The highest BCUT2D eigenvalue weighted by atomic mass is 32.2. The van der Waals surface area contributed by atoms with Crippen LogP contribution < -0.4 is 0 Å². The van der Waals surface area contributed by atoms with Gasteiger partial charge in [0.1, 0.15) is 0 Å². The highest BCUT2D eigenvalue weighted by Gasteiger charge is 2.26. The third-order valence-electron chi connectivity index (χ3n) is 1.18. The van der Waals surface area contributed by atoms with Crippen LogP contribution >= 0.6 is 35.5 Å². The van der Waals surface area contributed by atoms with Gasteiger partial charge in [0.25, 0.3) is 0 Å². The van der Waals surface area contributed by atoms with Gasteiger partial charge in [-0.2, -0.15) is 4.41 Å². The standard InChI is InChI=1S/C4H7N2S3/c1-5-2-8-4-9-6(5)3-7-1/h1H,2-4H2. The van der Waals surface area contributed by atoms with Crippen molar-refractivity contribution in [3.63, 3.8) is 0 Å². The molecule has 0 aromatic rings. The Kier molecular flexibility index (Phi) is 2.16. The first-order chi connectivity index (χ1) is 4.47. The lowest BCUT2D eigenvalue weighted by Gasteiger charge is -2.28. The molecule has 2 rings (SSSR count). The van der Waals surface area contributed by atoms with Crippen molar-refractivity contribution >= 4 is 35.5 Å². The van der Waals surface area contributed by atoms with Gasteiger partial charge in [-0.3, -0.25) is 0 Å². The van der Waals surface area contributed by atoms with Crippen molar-refractivity contribution in [2.24, 2.45) is 0 Å². The van der Waals surface area contributed by atoms with Crippen molar-refractivity contribution in [1.82, 2.24) is 9.42 Å². The molecule has 0 unspecified atom stereocenters. The molecule has 0 aromatic heterocycles. The Balaban J connectivity index is 1.97. The number of rotatable bonds is 0. The van der Waals surface area contributed by atoms with Gasteiger partial charge in [0.05, 0.1) is 22.7 Å². The summed E-state index contributed by atoms with van der Waals surface area (Å²) in [5.41, 5.74) is 0. The lowest BCUT2D eigenvalue weighted by atomic mass is 11.1. The summed E-state index contributed by atoms with van der Waals surface area (Å²) in [7, 11) is 0. The van der Waals surface area contributed by atoms with Crippen LogP contribution in [0.5, 0.6) is 0 Å². The summed E-state index contributed by atoms with van der Waals surface area (Å²) in [6.45, 7) is 0. The second-order valence-electron chi connectivity index (χ2n) is 1.77. The zero-order valence-electron chi connectivity index (χ0n) is 4.82. The second-order valence-corrected chi connectivity index (χ2v) is 4.86. The van der Waals surface area contributed by atoms with Crippen LogP contribution in [0.3, 0.4) is 0 Å². The molecule has 0 aromatic carbocycles. The summed E-state index contributed by atoms with van der Waals surface area (Å²) in [4.78, 5) is 0. The third kappa shape index (κ3) is 1.35. The summed E-state index contributed by atoms with van der Waals surface area (Å²) < 4.78 is 2.31. The number of hydrogen-bond donors (Lipinski definition) is 0. The first-order valence-corrected chi connectivity index (χ1v) is 5.81. The molecule has 0 atom stereocenters. The molecule has 2 saturated heterocycles. The van der Waals surface area contributed by atoms with Crippen LogP contribution in [0.4, 0.5) is 0 Å². The lowest BCUT2D eigenvalue weighted by Crippen LogP contribution is -2.32. The van der Waals surface area contributed by atoms with Crippen LogP contribution in [0.1, 0.15) is 0 Å². The Bertz CT molecular complexity index is 98.0. The Morgan fingerprint density at radius 2 is 2.33 bits per heavy atom.